The fraction of sp³-hybridized carbons (Fsp3) is 0.417. The maximum Gasteiger partial charge on any atom is 0.263 e. The van der Waals surface area contributed by atoms with Crippen LogP contribution < -0.4 is 15.0 Å². The number of ether oxygens (including phenoxy) is 1. The Balaban J connectivity index is 1.77. The summed E-state index contributed by atoms with van der Waals surface area (Å²) in [7, 11) is 0. The van der Waals surface area contributed by atoms with E-state index in [1.807, 2.05) is 39.0 Å². The first-order chi connectivity index (χ1) is 14.4. The minimum absolute atomic E-state index is 0.0788. The fourth-order valence-electron chi connectivity index (χ4n) is 3.68. The Hall–Kier alpha value is -2.89. The van der Waals surface area contributed by atoms with Gasteiger partial charge < -0.3 is 15.0 Å². The van der Waals surface area contributed by atoms with Crippen LogP contribution in [0, 0.1) is 5.82 Å². The molecule has 30 heavy (non-hydrogen) atoms. The van der Waals surface area contributed by atoms with Crippen LogP contribution in [0.2, 0.25) is 0 Å². The number of carbonyl (C=O) groups excluding carboxylic acids is 2. The Labute approximate surface area is 177 Å². The average molecular weight is 413 g/mol. The number of hydrogen-bond donors (Lipinski definition) is 1. The van der Waals surface area contributed by atoms with Gasteiger partial charge in [-0.05, 0) is 48.6 Å². The van der Waals surface area contributed by atoms with Crippen molar-refractivity contribution in [3.8, 4) is 5.75 Å². The molecule has 0 bridgehead atoms. The smallest absolute Gasteiger partial charge is 0.263 e. The Morgan fingerprint density at radius 3 is 2.47 bits per heavy atom. The van der Waals surface area contributed by atoms with Crippen LogP contribution in [0.15, 0.2) is 48.5 Å². The van der Waals surface area contributed by atoms with Crippen molar-refractivity contribution in [1.29, 1.82) is 0 Å². The second-order valence-corrected chi connectivity index (χ2v) is 7.76. The van der Waals surface area contributed by atoms with Crippen molar-refractivity contribution in [3.05, 3.63) is 59.9 Å². The zero-order valence-electron chi connectivity index (χ0n) is 17.7. The van der Waals surface area contributed by atoms with Crippen molar-refractivity contribution >= 4 is 17.5 Å². The molecule has 1 aliphatic heterocycles. The lowest BCUT2D eigenvalue weighted by atomic mass is 9.96. The summed E-state index contributed by atoms with van der Waals surface area (Å²) in [5.74, 6) is -0.155. The van der Waals surface area contributed by atoms with E-state index >= 15 is 0 Å². The molecule has 2 aromatic rings. The molecule has 2 atom stereocenters. The number of carbonyl (C=O) groups is 2. The van der Waals surface area contributed by atoms with Crippen LogP contribution in [0.25, 0.3) is 0 Å². The van der Waals surface area contributed by atoms with E-state index in [2.05, 4.69) is 5.32 Å². The van der Waals surface area contributed by atoms with Crippen molar-refractivity contribution in [1.82, 2.24) is 5.32 Å². The van der Waals surface area contributed by atoms with Crippen LogP contribution in [0.4, 0.5) is 10.1 Å². The predicted molar refractivity (Wildman–Crippen MR) is 115 cm³/mol. The minimum Gasteiger partial charge on any atom is -0.477 e. The maximum absolute atomic E-state index is 13.2. The number of hydrogen-bond acceptors (Lipinski definition) is 3. The molecule has 0 aliphatic carbocycles. The van der Waals surface area contributed by atoms with Gasteiger partial charge in [-0.1, -0.05) is 45.0 Å². The summed E-state index contributed by atoms with van der Waals surface area (Å²) in [6.07, 6.45) is 1.17. The molecule has 3 rings (SSSR count). The highest BCUT2D eigenvalue weighted by atomic mass is 19.1. The molecule has 6 heteroatoms. The molecule has 2 unspecified atom stereocenters. The molecule has 2 amide bonds. The quantitative estimate of drug-likeness (QED) is 0.732. The summed E-state index contributed by atoms with van der Waals surface area (Å²) >= 11 is 0. The van der Waals surface area contributed by atoms with E-state index in [0.717, 1.165) is 18.4 Å². The van der Waals surface area contributed by atoms with Crippen LogP contribution in [0.1, 0.15) is 51.5 Å². The Bertz CT molecular complexity index is 880. The molecule has 0 spiro atoms. The highest BCUT2D eigenvalue weighted by Crippen LogP contribution is 2.34. The topological polar surface area (TPSA) is 58.6 Å². The van der Waals surface area contributed by atoms with Crippen molar-refractivity contribution in [2.45, 2.75) is 58.1 Å². The molecule has 0 radical (unpaired) electrons. The number of rotatable bonds is 7. The number of halogens is 1. The van der Waals surface area contributed by atoms with Crippen molar-refractivity contribution in [2.75, 3.05) is 11.4 Å². The van der Waals surface area contributed by atoms with Gasteiger partial charge >= 0.3 is 0 Å². The maximum atomic E-state index is 13.2. The summed E-state index contributed by atoms with van der Waals surface area (Å²) in [6, 6.07) is 13.6. The van der Waals surface area contributed by atoms with E-state index in [1.165, 1.54) is 12.1 Å². The van der Waals surface area contributed by atoms with Crippen LogP contribution in [0.3, 0.4) is 0 Å². The second-order valence-electron chi connectivity index (χ2n) is 7.76. The number of nitrogens with zero attached hydrogens (tertiary/aromatic N) is 1. The molecule has 2 aromatic carbocycles. The van der Waals surface area contributed by atoms with E-state index in [-0.39, 0.29) is 42.6 Å². The largest absolute Gasteiger partial charge is 0.477 e. The Morgan fingerprint density at radius 2 is 1.80 bits per heavy atom. The van der Waals surface area contributed by atoms with Gasteiger partial charge in [-0.3, -0.25) is 9.59 Å². The van der Waals surface area contributed by atoms with Gasteiger partial charge in [0, 0.05) is 12.5 Å². The zero-order chi connectivity index (χ0) is 21.7. The van der Waals surface area contributed by atoms with E-state index in [4.69, 9.17) is 4.74 Å². The van der Waals surface area contributed by atoms with Gasteiger partial charge in [0.15, 0.2) is 6.10 Å². The third-order valence-electron chi connectivity index (χ3n) is 5.62. The van der Waals surface area contributed by atoms with Gasteiger partial charge in [-0.15, -0.1) is 0 Å². The van der Waals surface area contributed by atoms with Gasteiger partial charge in [0.2, 0.25) is 5.91 Å². The van der Waals surface area contributed by atoms with E-state index in [1.54, 1.807) is 23.1 Å². The molecular weight excluding hydrogens is 383 g/mol. The van der Waals surface area contributed by atoms with Gasteiger partial charge in [-0.25, -0.2) is 4.39 Å². The molecule has 1 N–H and O–H groups in total. The summed E-state index contributed by atoms with van der Waals surface area (Å²) in [6.45, 7) is 6.16. The van der Waals surface area contributed by atoms with Crippen LogP contribution in [-0.4, -0.2) is 30.5 Å². The standard InChI is InChI=1S/C24H29FN2O3/c1-4-19(5-2)26-24(29)22-15-27(20-8-6-7-9-21(20)30-22)23(28)14-16(3)17-10-12-18(25)13-11-17/h6-13,16,19,22H,4-5,14-15H2,1-3H3,(H,26,29). The Morgan fingerprint density at radius 1 is 1.13 bits per heavy atom. The normalized spacial score (nSPS) is 16.6. The average Bonchev–Trinajstić information content (AvgIpc) is 2.76. The first-order valence-corrected chi connectivity index (χ1v) is 10.5. The lowest BCUT2D eigenvalue weighted by Crippen LogP contribution is -2.52. The number of nitrogens with one attached hydrogen (secondary N) is 1. The van der Waals surface area contributed by atoms with Crippen molar-refractivity contribution in [3.63, 3.8) is 0 Å². The van der Waals surface area contributed by atoms with Gasteiger partial charge in [-0.2, -0.15) is 0 Å². The summed E-state index contributed by atoms with van der Waals surface area (Å²) in [5, 5.41) is 3.01. The minimum atomic E-state index is -0.759. The first-order valence-electron chi connectivity index (χ1n) is 10.5. The van der Waals surface area contributed by atoms with E-state index < -0.39 is 6.10 Å². The summed E-state index contributed by atoms with van der Waals surface area (Å²) in [5.41, 5.74) is 1.56. The predicted octanol–water partition coefficient (Wildman–Crippen LogP) is 4.42. The number of benzene rings is 2. The highest BCUT2D eigenvalue weighted by Gasteiger charge is 2.34. The van der Waals surface area contributed by atoms with Crippen molar-refractivity contribution in [2.24, 2.45) is 0 Å². The first kappa shape index (κ1) is 21.8. The fourth-order valence-corrected chi connectivity index (χ4v) is 3.68. The second kappa shape index (κ2) is 9.74. The number of fused-ring (bicyclic) bond motifs is 1. The molecule has 0 saturated heterocycles. The van der Waals surface area contributed by atoms with E-state index in [9.17, 15) is 14.0 Å². The van der Waals surface area contributed by atoms with Gasteiger partial charge in [0.25, 0.3) is 5.91 Å². The number of anilines is 1. The molecule has 0 fully saturated rings. The lowest BCUT2D eigenvalue weighted by Gasteiger charge is -2.35. The zero-order valence-corrected chi connectivity index (χ0v) is 17.7. The third kappa shape index (κ3) is 4.99. The van der Waals surface area contributed by atoms with Gasteiger partial charge in [0.1, 0.15) is 11.6 Å². The molecule has 5 nitrogen and oxygen atoms in total. The van der Waals surface area contributed by atoms with Crippen LogP contribution in [-0.2, 0) is 9.59 Å². The number of amides is 2. The number of para-hydroxylation sites is 2. The van der Waals surface area contributed by atoms with Crippen LogP contribution in [0.5, 0.6) is 5.75 Å². The summed E-state index contributed by atoms with van der Waals surface area (Å²) < 4.78 is 19.1. The molecular formula is C24H29FN2O3. The lowest BCUT2D eigenvalue weighted by molar-refractivity contribution is -0.129. The molecule has 0 saturated carbocycles. The van der Waals surface area contributed by atoms with Crippen molar-refractivity contribution < 1.29 is 18.7 Å². The van der Waals surface area contributed by atoms with E-state index in [0.29, 0.717) is 11.4 Å². The molecule has 1 heterocycles. The van der Waals surface area contributed by atoms with Gasteiger partial charge in [0.05, 0.1) is 12.2 Å². The molecule has 0 aromatic heterocycles. The Kier molecular flexibility index (Phi) is 7.08. The van der Waals surface area contributed by atoms with Crippen LogP contribution >= 0.6 is 0 Å². The molecule has 160 valence electrons. The highest BCUT2D eigenvalue weighted by molar-refractivity contribution is 5.97. The third-order valence-corrected chi connectivity index (χ3v) is 5.62. The monoisotopic (exact) mass is 412 g/mol. The SMILES string of the molecule is CCC(CC)NC(=O)C1CN(C(=O)CC(C)c2ccc(F)cc2)c2ccccc2O1. The molecule has 1 aliphatic rings. The summed E-state index contributed by atoms with van der Waals surface area (Å²) in [4.78, 5) is 27.6.